The van der Waals surface area contributed by atoms with Gasteiger partial charge in [0.2, 0.25) is 6.79 Å². The summed E-state index contributed by atoms with van der Waals surface area (Å²) in [5.41, 5.74) is 3.04. The van der Waals surface area contributed by atoms with Crippen molar-refractivity contribution >= 4 is 5.91 Å². The van der Waals surface area contributed by atoms with Gasteiger partial charge in [-0.05, 0) is 42.3 Å². The molecule has 3 heterocycles. The van der Waals surface area contributed by atoms with Crippen LogP contribution < -0.4 is 19.5 Å². The molecule has 8 heteroatoms. The van der Waals surface area contributed by atoms with Gasteiger partial charge in [0.05, 0.1) is 5.69 Å². The number of aromatic nitrogens is 3. The molecule has 0 atom stereocenters. The van der Waals surface area contributed by atoms with Gasteiger partial charge in [-0.15, -0.1) is 0 Å². The second kappa shape index (κ2) is 7.36. The Labute approximate surface area is 155 Å². The molecule has 0 aliphatic carbocycles. The third-order valence-corrected chi connectivity index (χ3v) is 4.18. The summed E-state index contributed by atoms with van der Waals surface area (Å²) in [6.07, 6.45) is 3.47. The van der Waals surface area contributed by atoms with Crippen LogP contribution in [0.25, 0.3) is 0 Å². The minimum atomic E-state index is -0.253. The minimum Gasteiger partial charge on any atom is -0.487 e. The molecule has 138 valence electrons. The molecular formula is C19H18N4O4. The summed E-state index contributed by atoms with van der Waals surface area (Å²) in [7, 11) is 0. The first-order valence-electron chi connectivity index (χ1n) is 8.43. The topological polar surface area (TPSA) is 98.4 Å². The van der Waals surface area contributed by atoms with Gasteiger partial charge in [-0.2, -0.15) is 5.10 Å². The van der Waals surface area contributed by atoms with Crippen molar-refractivity contribution in [2.45, 2.75) is 20.1 Å². The molecule has 0 spiro atoms. The molecule has 0 saturated carbocycles. The molecule has 8 nitrogen and oxygen atoms in total. The maximum Gasteiger partial charge on any atom is 0.272 e. The lowest BCUT2D eigenvalue weighted by Gasteiger charge is -2.06. The predicted molar refractivity (Wildman–Crippen MR) is 95.6 cm³/mol. The average Bonchev–Trinajstić information content (AvgIpc) is 3.34. The van der Waals surface area contributed by atoms with Crippen LogP contribution >= 0.6 is 0 Å². The fourth-order valence-corrected chi connectivity index (χ4v) is 2.65. The van der Waals surface area contributed by atoms with E-state index >= 15 is 0 Å². The number of hydrogen-bond acceptors (Lipinski definition) is 6. The Morgan fingerprint density at radius 1 is 1.26 bits per heavy atom. The SMILES string of the molecule is Cc1cnccc1CNC(=O)c1cc(COc2ccc3c(c2)OCO3)[nH]n1. The highest BCUT2D eigenvalue weighted by molar-refractivity contribution is 5.92. The van der Waals surface area contributed by atoms with Crippen LogP contribution in [0.4, 0.5) is 0 Å². The van der Waals surface area contributed by atoms with Gasteiger partial charge in [-0.25, -0.2) is 0 Å². The molecule has 2 aromatic heterocycles. The molecule has 3 aromatic rings. The number of hydrogen-bond donors (Lipinski definition) is 2. The van der Waals surface area contributed by atoms with E-state index in [1.807, 2.05) is 13.0 Å². The van der Waals surface area contributed by atoms with E-state index in [-0.39, 0.29) is 19.3 Å². The molecule has 0 fully saturated rings. The van der Waals surface area contributed by atoms with Gasteiger partial charge in [0, 0.05) is 25.0 Å². The number of rotatable bonds is 6. The number of pyridine rings is 1. The van der Waals surface area contributed by atoms with E-state index in [0.29, 0.717) is 35.2 Å². The molecule has 2 N–H and O–H groups in total. The van der Waals surface area contributed by atoms with Crippen LogP contribution in [-0.2, 0) is 13.2 Å². The Bertz CT molecular complexity index is 970. The zero-order valence-corrected chi connectivity index (χ0v) is 14.7. The van der Waals surface area contributed by atoms with Crippen LogP contribution in [0.5, 0.6) is 17.2 Å². The molecule has 4 rings (SSSR count). The molecular weight excluding hydrogens is 348 g/mol. The maximum atomic E-state index is 12.3. The molecule has 0 radical (unpaired) electrons. The zero-order chi connectivity index (χ0) is 18.6. The van der Waals surface area contributed by atoms with Crippen LogP contribution in [0.3, 0.4) is 0 Å². The number of carbonyl (C=O) groups is 1. The smallest absolute Gasteiger partial charge is 0.272 e. The Kier molecular flexibility index (Phi) is 4.61. The van der Waals surface area contributed by atoms with Gasteiger partial charge in [-0.3, -0.25) is 14.9 Å². The van der Waals surface area contributed by atoms with E-state index in [1.54, 1.807) is 36.7 Å². The number of aromatic amines is 1. The Balaban J connectivity index is 1.33. The summed E-state index contributed by atoms with van der Waals surface area (Å²) in [5.74, 6) is 1.75. The van der Waals surface area contributed by atoms with Crippen LogP contribution in [-0.4, -0.2) is 27.9 Å². The summed E-state index contributed by atoms with van der Waals surface area (Å²) in [5, 5.41) is 9.71. The number of fused-ring (bicyclic) bond motifs is 1. The van der Waals surface area contributed by atoms with E-state index in [4.69, 9.17) is 14.2 Å². The Morgan fingerprint density at radius 3 is 3.04 bits per heavy atom. The molecule has 1 aliphatic heterocycles. The standard InChI is InChI=1S/C19H18N4O4/c1-12-8-20-5-4-13(12)9-21-19(24)16-6-14(22-23-16)10-25-15-2-3-17-18(7-15)27-11-26-17/h2-8H,9-11H2,1H3,(H,21,24)(H,22,23). The number of aryl methyl sites for hydroxylation is 1. The van der Waals surface area contributed by atoms with Crippen molar-refractivity contribution < 1.29 is 19.0 Å². The first-order chi connectivity index (χ1) is 13.2. The number of nitrogens with one attached hydrogen (secondary N) is 2. The molecule has 1 amide bonds. The van der Waals surface area contributed by atoms with Gasteiger partial charge in [-0.1, -0.05) is 0 Å². The fourth-order valence-electron chi connectivity index (χ4n) is 2.65. The normalized spacial score (nSPS) is 12.0. The van der Waals surface area contributed by atoms with Gasteiger partial charge in [0.25, 0.3) is 5.91 Å². The van der Waals surface area contributed by atoms with Crippen LogP contribution in [0, 0.1) is 6.92 Å². The highest BCUT2D eigenvalue weighted by Crippen LogP contribution is 2.35. The highest BCUT2D eigenvalue weighted by atomic mass is 16.7. The average molecular weight is 366 g/mol. The molecule has 0 unspecified atom stereocenters. The second-order valence-corrected chi connectivity index (χ2v) is 6.07. The third kappa shape index (κ3) is 3.84. The van der Waals surface area contributed by atoms with E-state index in [0.717, 1.165) is 11.1 Å². The lowest BCUT2D eigenvalue weighted by molar-refractivity contribution is 0.0946. The van der Waals surface area contributed by atoms with Gasteiger partial charge in [0.1, 0.15) is 18.1 Å². The van der Waals surface area contributed by atoms with Crippen molar-refractivity contribution in [3.05, 3.63) is 65.2 Å². The predicted octanol–water partition coefficient (Wildman–Crippen LogP) is 2.35. The zero-order valence-electron chi connectivity index (χ0n) is 14.7. The highest BCUT2D eigenvalue weighted by Gasteiger charge is 2.15. The van der Waals surface area contributed by atoms with Crippen LogP contribution in [0.15, 0.2) is 42.7 Å². The van der Waals surface area contributed by atoms with Crippen molar-refractivity contribution in [1.29, 1.82) is 0 Å². The molecule has 0 saturated heterocycles. The van der Waals surface area contributed by atoms with Crippen molar-refractivity contribution in [2.24, 2.45) is 0 Å². The van der Waals surface area contributed by atoms with Crippen molar-refractivity contribution in [2.75, 3.05) is 6.79 Å². The first-order valence-corrected chi connectivity index (χ1v) is 8.43. The summed E-state index contributed by atoms with van der Waals surface area (Å²) in [6, 6.07) is 8.91. The third-order valence-electron chi connectivity index (χ3n) is 4.18. The van der Waals surface area contributed by atoms with Gasteiger partial charge >= 0.3 is 0 Å². The number of nitrogens with zero attached hydrogens (tertiary/aromatic N) is 2. The largest absolute Gasteiger partial charge is 0.487 e. The summed E-state index contributed by atoms with van der Waals surface area (Å²) in [4.78, 5) is 16.3. The van der Waals surface area contributed by atoms with E-state index in [1.165, 1.54) is 0 Å². The van der Waals surface area contributed by atoms with Gasteiger partial charge in [0.15, 0.2) is 11.5 Å². The Morgan fingerprint density at radius 2 is 2.15 bits per heavy atom. The number of carbonyl (C=O) groups excluding carboxylic acids is 1. The lowest BCUT2D eigenvalue weighted by atomic mass is 10.1. The van der Waals surface area contributed by atoms with Crippen LogP contribution in [0.1, 0.15) is 27.3 Å². The van der Waals surface area contributed by atoms with E-state index in [2.05, 4.69) is 20.5 Å². The quantitative estimate of drug-likeness (QED) is 0.695. The molecule has 27 heavy (non-hydrogen) atoms. The number of ether oxygens (including phenoxy) is 3. The molecule has 1 aliphatic rings. The fraction of sp³-hybridized carbons (Fsp3) is 0.211. The van der Waals surface area contributed by atoms with Crippen molar-refractivity contribution in [3.8, 4) is 17.2 Å². The second-order valence-electron chi connectivity index (χ2n) is 6.07. The monoisotopic (exact) mass is 366 g/mol. The van der Waals surface area contributed by atoms with Crippen molar-refractivity contribution in [3.63, 3.8) is 0 Å². The first kappa shape index (κ1) is 16.9. The number of H-pyrrole nitrogens is 1. The number of benzene rings is 1. The van der Waals surface area contributed by atoms with E-state index in [9.17, 15) is 4.79 Å². The maximum absolute atomic E-state index is 12.3. The summed E-state index contributed by atoms with van der Waals surface area (Å²) in [6.45, 7) is 2.85. The molecule has 0 bridgehead atoms. The summed E-state index contributed by atoms with van der Waals surface area (Å²) < 4.78 is 16.3. The van der Waals surface area contributed by atoms with Crippen LogP contribution in [0.2, 0.25) is 0 Å². The summed E-state index contributed by atoms with van der Waals surface area (Å²) >= 11 is 0. The minimum absolute atomic E-state index is 0.219. The Hall–Kier alpha value is -3.55. The van der Waals surface area contributed by atoms with E-state index < -0.39 is 0 Å². The van der Waals surface area contributed by atoms with Crippen molar-refractivity contribution in [1.82, 2.24) is 20.5 Å². The van der Waals surface area contributed by atoms with Gasteiger partial charge < -0.3 is 19.5 Å². The molecule has 1 aromatic carbocycles. The number of amides is 1. The lowest BCUT2D eigenvalue weighted by Crippen LogP contribution is -2.23.